The average molecular weight is 378 g/mol. The van der Waals surface area contributed by atoms with Gasteiger partial charge in [-0.15, -0.1) is 0 Å². The molecule has 3 saturated carbocycles. The van der Waals surface area contributed by atoms with E-state index in [0.29, 0.717) is 28.9 Å². The summed E-state index contributed by atoms with van der Waals surface area (Å²) in [6.07, 6.45) is 10.2. The van der Waals surface area contributed by atoms with Crippen molar-refractivity contribution in [3.8, 4) is 0 Å². The Morgan fingerprint density at radius 2 is 1.65 bits per heavy atom. The highest BCUT2D eigenvalue weighted by Gasteiger charge is 2.61. The molecule has 0 unspecified atom stereocenters. The first-order valence-corrected chi connectivity index (χ1v) is 14.4. The number of carbonyl (C=O) groups is 1. The number of amides is 1. The maximum atomic E-state index is 12.3. The molecule has 148 valence electrons. The Balaban J connectivity index is 1.58. The largest absolute Gasteiger partial charge is 0.414 e. The summed E-state index contributed by atoms with van der Waals surface area (Å²) in [5, 5.41) is 0. The highest BCUT2D eigenvalue weighted by atomic mass is 28.4. The molecule has 1 amide bonds. The summed E-state index contributed by atoms with van der Waals surface area (Å²) in [7, 11) is 0.568. The first-order chi connectivity index (χ1) is 12.1. The second kappa shape index (κ2) is 6.07. The molecular formula is C22H39NO2Si. The first kappa shape index (κ1) is 19.0. The smallest absolute Gasteiger partial charge is 0.222 e. The van der Waals surface area contributed by atoms with E-state index in [-0.39, 0.29) is 0 Å². The van der Waals surface area contributed by atoms with E-state index < -0.39 is 8.32 Å². The van der Waals surface area contributed by atoms with Gasteiger partial charge in [-0.2, -0.15) is 0 Å². The zero-order valence-corrected chi connectivity index (χ0v) is 18.8. The van der Waals surface area contributed by atoms with Gasteiger partial charge in [-0.1, -0.05) is 13.8 Å². The van der Waals surface area contributed by atoms with Gasteiger partial charge >= 0.3 is 0 Å². The third kappa shape index (κ3) is 2.73. The Hall–Kier alpha value is -0.353. The van der Waals surface area contributed by atoms with Crippen LogP contribution in [0.4, 0.5) is 0 Å². The van der Waals surface area contributed by atoms with Crippen molar-refractivity contribution in [3.05, 3.63) is 0 Å². The Kier molecular flexibility index (Phi) is 4.43. The van der Waals surface area contributed by atoms with Gasteiger partial charge in [0.2, 0.25) is 5.91 Å². The van der Waals surface area contributed by atoms with E-state index in [9.17, 15) is 4.79 Å². The maximum absolute atomic E-state index is 12.3. The van der Waals surface area contributed by atoms with Gasteiger partial charge in [-0.25, -0.2) is 0 Å². The molecule has 4 aliphatic rings. The molecule has 4 fully saturated rings. The van der Waals surface area contributed by atoms with E-state index in [1.807, 2.05) is 0 Å². The van der Waals surface area contributed by atoms with Crippen LogP contribution in [0.1, 0.15) is 65.2 Å². The minimum atomic E-state index is -1.49. The number of hydrogen-bond acceptors (Lipinski definition) is 2. The first-order valence-electron chi connectivity index (χ1n) is 11.0. The van der Waals surface area contributed by atoms with E-state index >= 15 is 0 Å². The summed E-state index contributed by atoms with van der Waals surface area (Å²) in [6.45, 7) is 12.1. The molecular weight excluding hydrogens is 338 g/mol. The number of rotatable bonds is 2. The van der Waals surface area contributed by atoms with Gasteiger partial charge in [0.05, 0.1) is 6.10 Å². The minimum Gasteiger partial charge on any atom is -0.414 e. The van der Waals surface area contributed by atoms with Gasteiger partial charge in [0.15, 0.2) is 8.32 Å². The average Bonchev–Trinajstić information content (AvgIpc) is 2.86. The van der Waals surface area contributed by atoms with Crippen LogP contribution >= 0.6 is 0 Å². The zero-order chi connectivity index (χ0) is 18.9. The fraction of sp³-hybridized carbons (Fsp3) is 0.955. The second-order valence-electron chi connectivity index (χ2n) is 11.3. The summed E-state index contributed by atoms with van der Waals surface area (Å²) in [5.74, 6) is 2.87. The van der Waals surface area contributed by atoms with Gasteiger partial charge in [0.25, 0.3) is 0 Å². The van der Waals surface area contributed by atoms with Crippen molar-refractivity contribution in [1.29, 1.82) is 0 Å². The van der Waals surface area contributed by atoms with Gasteiger partial charge in [-0.05, 0) is 93.2 Å². The Morgan fingerprint density at radius 3 is 2.35 bits per heavy atom. The molecule has 0 N–H and O–H groups in total. The van der Waals surface area contributed by atoms with E-state index in [4.69, 9.17) is 4.43 Å². The third-order valence-corrected chi connectivity index (χ3v) is 9.96. The van der Waals surface area contributed by atoms with Crippen molar-refractivity contribution in [2.45, 2.75) is 97.0 Å². The lowest BCUT2D eigenvalue weighted by atomic mass is 9.47. The van der Waals surface area contributed by atoms with Crippen LogP contribution in [-0.4, -0.2) is 38.3 Å². The van der Waals surface area contributed by atoms with Crippen LogP contribution < -0.4 is 0 Å². The van der Waals surface area contributed by atoms with Crippen molar-refractivity contribution in [1.82, 2.24) is 4.90 Å². The lowest BCUT2D eigenvalue weighted by Gasteiger charge is -2.61. The van der Waals surface area contributed by atoms with Gasteiger partial charge < -0.3 is 9.33 Å². The predicted octanol–water partition coefficient (Wildman–Crippen LogP) is 5.07. The number of likely N-dealkylation sites (tertiary alicyclic amines) is 1. The number of piperidine rings is 1. The lowest BCUT2D eigenvalue weighted by molar-refractivity contribution is -0.159. The predicted molar refractivity (Wildman–Crippen MR) is 108 cm³/mol. The highest BCUT2D eigenvalue weighted by molar-refractivity contribution is 6.69. The summed E-state index contributed by atoms with van der Waals surface area (Å²) in [6, 6.07) is 0.477. The van der Waals surface area contributed by atoms with Crippen molar-refractivity contribution < 1.29 is 9.22 Å². The molecule has 4 heteroatoms. The number of hydrogen-bond donors (Lipinski definition) is 0. The van der Waals surface area contributed by atoms with E-state index in [2.05, 4.69) is 45.4 Å². The molecule has 3 aliphatic carbocycles. The Bertz CT molecular complexity index is 587. The van der Waals surface area contributed by atoms with E-state index in [1.165, 1.54) is 38.5 Å². The van der Waals surface area contributed by atoms with Crippen LogP contribution in [0.25, 0.3) is 0 Å². The van der Waals surface area contributed by atoms with Gasteiger partial charge in [-0.3, -0.25) is 4.79 Å². The lowest BCUT2D eigenvalue weighted by Crippen LogP contribution is -2.61. The molecule has 0 aromatic rings. The fourth-order valence-electron chi connectivity index (χ4n) is 7.72. The van der Waals surface area contributed by atoms with Crippen molar-refractivity contribution in [2.75, 3.05) is 7.05 Å². The molecule has 0 spiro atoms. The van der Waals surface area contributed by atoms with Crippen LogP contribution in [0.3, 0.4) is 0 Å². The van der Waals surface area contributed by atoms with Gasteiger partial charge in [0.1, 0.15) is 0 Å². The number of fused-ring (bicyclic) bond motifs is 5. The van der Waals surface area contributed by atoms with Crippen LogP contribution in [0, 0.1) is 28.6 Å². The van der Waals surface area contributed by atoms with Crippen LogP contribution in [0.5, 0.6) is 0 Å². The molecule has 7 atom stereocenters. The normalized spacial score (nSPS) is 48.8. The molecule has 0 bridgehead atoms. The quantitative estimate of drug-likeness (QED) is 0.629. The van der Waals surface area contributed by atoms with Crippen molar-refractivity contribution in [3.63, 3.8) is 0 Å². The molecule has 3 nitrogen and oxygen atoms in total. The summed E-state index contributed by atoms with van der Waals surface area (Å²) >= 11 is 0. The molecule has 1 saturated heterocycles. The number of nitrogens with zero attached hydrogens (tertiary/aromatic N) is 1. The minimum absolute atomic E-state index is 0.338. The van der Waals surface area contributed by atoms with Crippen LogP contribution in [-0.2, 0) is 9.22 Å². The van der Waals surface area contributed by atoms with Gasteiger partial charge in [0, 0.05) is 19.5 Å². The molecule has 0 radical (unpaired) electrons. The SMILES string of the molecule is CN1C(=O)CC[C@]2(C)[C@H]3CC[C@]4(C)[C@@H](O[Si](C)(C)C)CC[C@H]4[C@@H]3CC[C@@H]12. The number of carbonyl (C=O) groups excluding carboxylic acids is 1. The summed E-state index contributed by atoms with van der Waals surface area (Å²) < 4.78 is 6.70. The summed E-state index contributed by atoms with van der Waals surface area (Å²) in [5.41, 5.74) is 0.728. The topological polar surface area (TPSA) is 29.5 Å². The standard InChI is InChI=1S/C22H39NO2Si/c1-21-14-12-20(24)23(3)18(21)9-7-15-16-8-10-19(25-26(4,5)6)22(16,2)13-11-17(15)21/h15-19H,7-14H2,1-6H3/t15-,16-,17-,18+,19-,21+,22-/m0/s1. The molecule has 0 aromatic carbocycles. The summed E-state index contributed by atoms with van der Waals surface area (Å²) in [4.78, 5) is 14.4. The van der Waals surface area contributed by atoms with Crippen LogP contribution in [0.2, 0.25) is 19.6 Å². The Morgan fingerprint density at radius 1 is 0.962 bits per heavy atom. The second-order valence-corrected chi connectivity index (χ2v) is 15.8. The molecule has 0 aromatic heterocycles. The van der Waals surface area contributed by atoms with Crippen molar-refractivity contribution in [2.24, 2.45) is 28.6 Å². The van der Waals surface area contributed by atoms with Crippen LogP contribution in [0.15, 0.2) is 0 Å². The molecule has 26 heavy (non-hydrogen) atoms. The highest BCUT2D eigenvalue weighted by Crippen LogP contribution is 2.65. The van der Waals surface area contributed by atoms with E-state index in [0.717, 1.165) is 30.6 Å². The molecule has 1 aliphatic heterocycles. The monoisotopic (exact) mass is 377 g/mol. The maximum Gasteiger partial charge on any atom is 0.222 e. The molecule has 1 heterocycles. The Labute approximate surface area is 161 Å². The van der Waals surface area contributed by atoms with E-state index in [1.54, 1.807) is 0 Å². The third-order valence-electron chi connectivity index (χ3n) is 8.97. The fourth-order valence-corrected chi connectivity index (χ4v) is 8.96. The molecule has 4 rings (SSSR count). The zero-order valence-electron chi connectivity index (χ0n) is 17.8. The van der Waals surface area contributed by atoms with Crippen molar-refractivity contribution >= 4 is 14.2 Å².